The van der Waals surface area contributed by atoms with Gasteiger partial charge in [-0.05, 0) is 61.9 Å². The lowest BCUT2D eigenvalue weighted by Crippen LogP contribution is -2.46. The van der Waals surface area contributed by atoms with E-state index in [1.165, 1.54) is 43.3 Å². The number of amides is 1. The lowest BCUT2D eigenvalue weighted by Gasteiger charge is -2.27. The molecule has 40 heavy (non-hydrogen) atoms. The molecule has 0 bridgehead atoms. The number of carboxylic acid groups (broad SMARTS) is 2. The maximum atomic E-state index is 13.2. The molecule has 2 aromatic carbocycles. The molecule has 0 aliphatic heterocycles. The van der Waals surface area contributed by atoms with Gasteiger partial charge < -0.3 is 30.3 Å². The second kappa shape index (κ2) is 14.6. The summed E-state index contributed by atoms with van der Waals surface area (Å²) in [6.07, 6.45) is 2.84. The number of amidine groups is 1. The number of hydrogen-bond acceptors (Lipinski definition) is 8. The zero-order chi connectivity index (χ0) is 29.8. The van der Waals surface area contributed by atoms with Crippen LogP contribution in [-0.4, -0.2) is 69.9 Å². The van der Waals surface area contributed by atoms with E-state index < -0.39 is 42.2 Å². The summed E-state index contributed by atoms with van der Waals surface area (Å²) in [5.74, 6) is -4.90. The topological polar surface area (TPSA) is 197 Å². The highest BCUT2D eigenvalue weighted by Crippen LogP contribution is 2.17. The van der Waals surface area contributed by atoms with Crippen molar-refractivity contribution in [3.63, 3.8) is 0 Å². The first-order chi connectivity index (χ1) is 18.9. The third kappa shape index (κ3) is 9.24. The van der Waals surface area contributed by atoms with Crippen LogP contribution < -0.4 is 10.5 Å². The predicted octanol–water partition coefficient (Wildman–Crippen LogP) is 2.47. The number of carbonyl (C=O) groups is 5. The number of nitrogens with zero attached hydrogens (tertiary/aromatic N) is 1. The third-order valence-corrected chi connectivity index (χ3v) is 5.38. The van der Waals surface area contributed by atoms with Gasteiger partial charge >= 0.3 is 23.9 Å². The molecular weight excluding hydrogens is 522 g/mol. The number of hydrogen-bond donors (Lipinski definition) is 4. The number of ether oxygens (including phenoxy) is 2. The molecule has 0 saturated heterocycles. The van der Waals surface area contributed by atoms with Gasteiger partial charge in [0.2, 0.25) is 0 Å². The molecule has 2 aromatic rings. The summed E-state index contributed by atoms with van der Waals surface area (Å²) in [5, 5.41) is 26.1. The molecule has 0 radical (unpaired) electrons. The smallest absolute Gasteiger partial charge is 0.343 e. The maximum absolute atomic E-state index is 13.2. The SMILES string of the molecule is CCOC(=O)/C=C/CN(C(=O)/C(C)=C/c1ccc(C(=O)Oc2ccc(C(=N)N)cc2)cc1)[C@@H](CC(=O)O)C(=O)O. The molecule has 1 atom stereocenters. The van der Waals surface area contributed by atoms with Crippen LogP contribution in [0.3, 0.4) is 0 Å². The first-order valence-corrected chi connectivity index (χ1v) is 12.0. The van der Waals surface area contributed by atoms with E-state index in [1.807, 2.05) is 0 Å². The van der Waals surface area contributed by atoms with Gasteiger partial charge in [0.25, 0.3) is 5.91 Å². The number of carboxylic acids is 2. The van der Waals surface area contributed by atoms with E-state index in [-0.39, 0.29) is 35.9 Å². The van der Waals surface area contributed by atoms with E-state index in [9.17, 15) is 29.1 Å². The summed E-state index contributed by atoms with van der Waals surface area (Å²) < 4.78 is 10.1. The summed E-state index contributed by atoms with van der Waals surface area (Å²) in [5.41, 5.74) is 6.69. The number of benzene rings is 2. The Bertz CT molecular complexity index is 1330. The first kappa shape index (κ1) is 31.0. The number of esters is 2. The standard InChI is InChI=1S/C28H29N3O9/c1-3-39-24(34)5-4-14-31(22(27(36)37)16-23(32)33)26(35)17(2)15-18-6-8-20(9-7-18)28(38)40-21-12-10-19(11-13-21)25(29)30/h4-13,15,22H,3,14,16H2,1-2H3,(H3,29,30)(H,32,33)(H,36,37)/b5-4+,17-15+/t22-/m0/s1. The summed E-state index contributed by atoms with van der Waals surface area (Å²) in [6, 6.07) is 10.4. The van der Waals surface area contributed by atoms with Crippen LogP contribution in [0.25, 0.3) is 6.08 Å². The lowest BCUT2D eigenvalue weighted by atomic mass is 10.1. The van der Waals surface area contributed by atoms with Crippen molar-refractivity contribution < 1.29 is 43.7 Å². The Morgan fingerprint density at radius 1 is 1.00 bits per heavy atom. The Kier molecular flexibility index (Phi) is 11.3. The third-order valence-electron chi connectivity index (χ3n) is 5.38. The quantitative estimate of drug-likeness (QED) is 0.0943. The molecule has 0 aromatic heterocycles. The van der Waals surface area contributed by atoms with Gasteiger partial charge in [-0.15, -0.1) is 0 Å². The summed E-state index contributed by atoms with van der Waals surface area (Å²) in [6.45, 7) is 2.80. The van der Waals surface area contributed by atoms with Crippen LogP contribution in [0.2, 0.25) is 0 Å². The molecule has 2 rings (SSSR count). The minimum absolute atomic E-state index is 0.0852. The molecule has 0 unspecified atom stereocenters. The Hall–Kier alpha value is -5.26. The average Bonchev–Trinajstić information content (AvgIpc) is 2.90. The second-order valence-electron chi connectivity index (χ2n) is 8.34. The highest BCUT2D eigenvalue weighted by Gasteiger charge is 2.31. The van der Waals surface area contributed by atoms with Gasteiger partial charge in [-0.3, -0.25) is 15.0 Å². The Balaban J connectivity index is 2.21. The van der Waals surface area contributed by atoms with Crippen LogP contribution >= 0.6 is 0 Å². The fourth-order valence-electron chi connectivity index (χ4n) is 3.42. The Morgan fingerprint density at radius 3 is 2.12 bits per heavy atom. The molecule has 0 aliphatic rings. The van der Waals surface area contributed by atoms with Crippen molar-refractivity contribution in [2.75, 3.05) is 13.2 Å². The number of nitrogen functional groups attached to an aromatic ring is 1. The molecule has 1 amide bonds. The molecule has 12 nitrogen and oxygen atoms in total. The average molecular weight is 552 g/mol. The summed E-state index contributed by atoms with van der Waals surface area (Å²) in [4.78, 5) is 61.1. The van der Waals surface area contributed by atoms with Gasteiger partial charge in [0.05, 0.1) is 18.6 Å². The molecule has 210 valence electrons. The molecular formula is C28H29N3O9. The van der Waals surface area contributed by atoms with Crippen LogP contribution in [0, 0.1) is 5.41 Å². The Labute approximate surface area is 229 Å². The zero-order valence-corrected chi connectivity index (χ0v) is 21.8. The van der Waals surface area contributed by atoms with Gasteiger partial charge in [0.15, 0.2) is 0 Å². The highest BCUT2D eigenvalue weighted by molar-refractivity contribution is 6.00. The van der Waals surface area contributed by atoms with Crippen molar-refractivity contribution in [2.24, 2.45) is 5.73 Å². The summed E-state index contributed by atoms with van der Waals surface area (Å²) in [7, 11) is 0. The van der Waals surface area contributed by atoms with Crippen LogP contribution in [0.15, 0.2) is 66.3 Å². The largest absolute Gasteiger partial charge is 0.481 e. The first-order valence-electron chi connectivity index (χ1n) is 12.0. The molecule has 0 heterocycles. The predicted molar refractivity (Wildman–Crippen MR) is 144 cm³/mol. The number of nitrogens with one attached hydrogen (secondary N) is 1. The normalized spacial score (nSPS) is 11.9. The van der Waals surface area contributed by atoms with Crippen molar-refractivity contribution in [2.45, 2.75) is 26.3 Å². The van der Waals surface area contributed by atoms with Crippen LogP contribution in [0.1, 0.15) is 41.8 Å². The van der Waals surface area contributed by atoms with E-state index in [0.717, 1.165) is 11.0 Å². The Morgan fingerprint density at radius 2 is 1.60 bits per heavy atom. The molecule has 5 N–H and O–H groups in total. The van der Waals surface area contributed by atoms with Crippen molar-refractivity contribution in [1.29, 1.82) is 5.41 Å². The molecule has 0 saturated carbocycles. The van der Waals surface area contributed by atoms with E-state index in [4.69, 9.17) is 25.7 Å². The number of nitrogens with two attached hydrogens (primary N) is 1. The monoisotopic (exact) mass is 551 g/mol. The second-order valence-corrected chi connectivity index (χ2v) is 8.34. The fourth-order valence-corrected chi connectivity index (χ4v) is 3.42. The molecule has 0 fully saturated rings. The minimum Gasteiger partial charge on any atom is -0.481 e. The van der Waals surface area contributed by atoms with Crippen molar-refractivity contribution in [1.82, 2.24) is 4.90 Å². The highest BCUT2D eigenvalue weighted by atomic mass is 16.5. The molecule has 0 spiro atoms. The van der Waals surface area contributed by atoms with Crippen LogP contribution in [-0.2, 0) is 23.9 Å². The van der Waals surface area contributed by atoms with E-state index in [2.05, 4.69) is 0 Å². The van der Waals surface area contributed by atoms with Gasteiger partial charge in [-0.25, -0.2) is 14.4 Å². The minimum atomic E-state index is -1.69. The zero-order valence-electron chi connectivity index (χ0n) is 21.8. The maximum Gasteiger partial charge on any atom is 0.343 e. The number of carbonyl (C=O) groups excluding carboxylic acids is 3. The van der Waals surface area contributed by atoms with Gasteiger partial charge in [-0.2, -0.15) is 0 Å². The van der Waals surface area contributed by atoms with Gasteiger partial charge in [-0.1, -0.05) is 18.2 Å². The van der Waals surface area contributed by atoms with Crippen molar-refractivity contribution in [3.05, 3.63) is 82.9 Å². The van der Waals surface area contributed by atoms with E-state index >= 15 is 0 Å². The molecule has 0 aliphatic carbocycles. The summed E-state index contributed by atoms with van der Waals surface area (Å²) >= 11 is 0. The van der Waals surface area contributed by atoms with Crippen molar-refractivity contribution in [3.8, 4) is 5.75 Å². The molecule has 12 heteroatoms. The lowest BCUT2D eigenvalue weighted by molar-refractivity contribution is -0.153. The number of aliphatic carboxylic acids is 2. The van der Waals surface area contributed by atoms with Gasteiger partial charge in [0, 0.05) is 23.8 Å². The van der Waals surface area contributed by atoms with Gasteiger partial charge in [0.1, 0.15) is 17.6 Å². The fraction of sp³-hybridized carbons (Fsp3) is 0.214. The van der Waals surface area contributed by atoms with Crippen LogP contribution in [0.4, 0.5) is 0 Å². The van der Waals surface area contributed by atoms with Crippen LogP contribution in [0.5, 0.6) is 5.75 Å². The van der Waals surface area contributed by atoms with E-state index in [1.54, 1.807) is 31.2 Å². The number of rotatable bonds is 13. The van der Waals surface area contributed by atoms with Crippen molar-refractivity contribution >= 4 is 41.7 Å². The van der Waals surface area contributed by atoms with E-state index in [0.29, 0.717) is 11.1 Å².